The van der Waals surface area contributed by atoms with Gasteiger partial charge in [0, 0.05) is 25.2 Å². The number of esters is 1. The van der Waals surface area contributed by atoms with Crippen molar-refractivity contribution < 1.29 is 22.9 Å². The lowest BCUT2D eigenvalue weighted by molar-refractivity contribution is -0.384. The highest BCUT2D eigenvalue weighted by atomic mass is 35.5. The number of benzene rings is 2. The average Bonchev–Trinajstić information content (AvgIpc) is 2.67. The van der Waals surface area contributed by atoms with Crippen LogP contribution in [0.3, 0.4) is 0 Å². The summed E-state index contributed by atoms with van der Waals surface area (Å²) in [4.78, 5) is 22.4. The first-order valence-corrected chi connectivity index (χ1v) is 10.2. The lowest BCUT2D eigenvalue weighted by atomic mass is 10.2. The Kier molecular flexibility index (Phi) is 7.11. The van der Waals surface area contributed by atoms with Crippen molar-refractivity contribution in [2.45, 2.75) is 25.3 Å². The number of sulfonamides is 1. The van der Waals surface area contributed by atoms with Gasteiger partial charge in [-0.2, -0.15) is 4.31 Å². The third-order valence-corrected chi connectivity index (χ3v) is 6.51. The predicted molar refractivity (Wildman–Crippen MR) is 104 cm³/mol. The summed E-state index contributed by atoms with van der Waals surface area (Å²) in [5.41, 5.74) is 0.334. The number of halogens is 1. The lowest BCUT2D eigenvalue weighted by Gasteiger charge is -2.19. The largest absolute Gasteiger partial charge is 0.457 e. The number of rotatable bonds is 8. The number of non-ortho nitro benzene ring substituents is 1. The molecule has 2 rings (SSSR count). The Labute approximate surface area is 167 Å². The van der Waals surface area contributed by atoms with Crippen LogP contribution in [0.2, 0.25) is 5.02 Å². The molecular formula is C18H19ClN2O6S. The van der Waals surface area contributed by atoms with E-state index in [1.54, 1.807) is 19.9 Å². The Morgan fingerprint density at radius 2 is 1.86 bits per heavy atom. The molecule has 0 aromatic heterocycles. The van der Waals surface area contributed by atoms with Gasteiger partial charge in [-0.05, 0) is 23.8 Å². The Morgan fingerprint density at radius 3 is 2.46 bits per heavy atom. The molecule has 150 valence electrons. The molecule has 0 atom stereocenters. The molecule has 2 aromatic carbocycles. The van der Waals surface area contributed by atoms with Crippen molar-refractivity contribution >= 4 is 33.3 Å². The number of hydrogen-bond acceptors (Lipinski definition) is 6. The van der Waals surface area contributed by atoms with E-state index in [0.29, 0.717) is 5.56 Å². The molecule has 2 aromatic rings. The number of nitrogens with zero attached hydrogens (tertiary/aromatic N) is 2. The average molecular weight is 427 g/mol. The van der Waals surface area contributed by atoms with E-state index in [1.807, 2.05) is 0 Å². The lowest BCUT2D eigenvalue weighted by Crippen LogP contribution is -2.31. The summed E-state index contributed by atoms with van der Waals surface area (Å²) < 4.78 is 31.8. The van der Waals surface area contributed by atoms with Gasteiger partial charge < -0.3 is 4.74 Å². The standard InChI is InChI=1S/C18H19ClN2O6S/c1-3-20(4-2)28(25,26)17-11-14(8-9-16(17)19)18(22)27-12-13-6-5-7-15(10-13)21(23)24/h5-11H,3-4,12H2,1-2H3. The molecule has 0 spiro atoms. The maximum absolute atomic E-state index is 12.7. The van der Waals surface area contributed by atoms with Gasteiger partial charge in [0.05, 0.1) is 15.5 Å². The van der Waals surface area contributed by atoms with Gasteiger partial charge in [0.15, 0.2) is 0 Å². The quantitative estimate of drug-likeness (QED) is 0.362. The van der Waals surface area contributed by atoms with Gasteiger partial charge in [-0.25, -0.2) is 13.2 Å². The molecule has 28 heavy (non-hydrogen) atoms. The van der Waals surface area contributed by atoms with Crippen LogP contribution in [0.4, 0.5) is 5.69 Å². The first-order chi connectivity index (χ1) is 13.2. The minimum atomic E-state index is -3.85. The maximum atomic E-state index is 12.7. The fourth-order valence-electron chi connectivity index (χ4n) is 2.52. The van der Waals surface area contributed by atoms with Gasteiger partial charge in [0.25, 0.3) is 5.69 Å². The molecule has 10 heteroatoms. The number of ether oxygens (including phenoxy) is 1. The van der Waals surface area contributed by atoms with Crippen LogP contribution in [0.25, 0.3) is 0 Å². The molecule has 0 radical (unpaired) electrons. The highest BCUT2D eigenvalue weighted by Crippen LogP contribution is 2.26. The van der Waals surface area contributed by atoms with Crippen LogP contribution >= 0.6 is 11.6 Å². The molecule has 0 amide bonds. The van der Waals surface area contributed by atoms with Crippen molar-refractivity contribution in [1.29, 1.82) is 0 Å². The molecule has 0 aliphatic rings. The second-order valence-electron chi connectivity index (χ2n) is 5.74. The second-order valence-corrected chi connectivity index (χ2v) is 8.05. The highest BCUT2D eigenvalue weighted by molar-refractivity contribution is 7.89. The van der Waals surface area contributed by atoms with E-state index in [0.717, 1.165) is 0 Å². The number of carbonyl (C=O) groups excluding carboxylic acids is 1. The minimum Gasteiger partial charge on any atom is -0.457 e. The molecule has 8 nitrogen and oxygen atoms in total. The van der Waals surface area contributed by atoms with Gasteiger partial charge in [-0.1, -0.05) is 37.6 Å². The zero-order valence-corrected chi connectivity index (χ0v) is 16.9. The van der Waals surface area contributed by atoms with E-state index in [-0.39, 0.29) is 40.9 Å². The fourth-order valence-corrected chi connectivity index (χ4v) is 4.48. The molecule has 0 saturated carbocycles. The van der Waals surface area contributed by atoms with E-state index < -0.39 is 20.9 Å². The summed E-state index contributed by atoms with van der Waals surface area (Å²) in [6.07, 6.45) is 0. The number of nitro groups is 1. The monoisotopic (exact) mass is 426 g/mol. The van der Waals surface area contributed by atoms with E-state index in [9.17, 15) is 23.3 Å². The SMILES string of the molecule is CCN(CC)S(=O)(=O)c1cc(C(=O)OCc2cccc([N+](=O)[O-])c2)ccc1Cl. The molecule has 0 aliphatic carbocycles. The molecule has 0 unspecified atom stereocenters. The highest BCUT2D eigenvalue weighted by Gasteiger charge is 2.26. The molecule has 0 fully saturated rings. The number of nitro benzene ring substituents is 1. The summed E-state index contributed by atoms with van der Waals surface area (Å²) in [6, 6.07) is 9.55. The van der Waals surface area contributed by atoms with E-state index >= 15 is 0 Å². The van der Waals surface area contributed by atoms with E-state index in [2.05, 4.69) is 0 Å². The summed E-state index contributed by atoms with van der Waals surface area (Å²) in [7, 11) is -3.85. The fraction of sp³-hybridized carbons (Fsp3) is 0.278. The van der Waals surface area contributed by atoms with Gasteiger partial charge in [-0.15, -0.1) is 0 Å². The van der Waals surface area contributed by atoms with Crippen LogP contribution in [0.15, 0.2) is 47.4 Å². The number of hydrogen-bond donors (Lipinski definition) is 0. The van der Waals surface area contributed by atoms with Crippen molar-refractivity contribution in [3.05, 3.63) is 68.7 Å². The van der Waals surface area contributed by atoms with Crippen LogP contribution in [-0.2, 0) is 21.4 Å². The van der Waals surface area contributed by atoms with Crippen LogP contribution in [0, 0.1) is 10.1 Å². The van der Waals surface area contributed by atoms with Crippen molar-refractivity contribution in [2.75, 3.05) is 13.1 Å². The molecular weight excluding hydrogens is 408 g/mol. The van der Waals surface area contributed by atoms with Gasteiger partial charge >= 0.3 is 5.97 Å². The first-order valence-electron chi connectivity index (χ1n) is 8.40. The van der Waals surface area contributed by atoms with Crippen LogP contribution in [0.1, 0.15) is 29.8 Å². The van der Waals surface area contributed by atoms with Crippen molar-refractivity contribution in [1.82, 2.24) is 4.31 Å². The van der Waals surface area contributed by atoms with Crippen LogP contribution in [-0.4, -0.2) is 36.7 Å². The summed E-state index contributed by atoms with van der Waals surface area (Å²) in [5, 5.41) is 10.8. The van der Waals surface area contributed by atoms with E-state index in [4.69, 9.17) is 16.3 Å². The normalized spacial score (nSPS) is 11.4. The number of carbonyl (C=O) groups is 1. The van der Waals surface area contributed by atoms with Crippen molar-refractivity contribution in [3.63, 3.8) is 0 Å². The third kappa shape index (κ3) is 4.86. The Bertz CT molecular complexity index is 989. The smallest absolute Gasteiger partial charge is 0.338 e. The van der Waals surface area contributed by atoms with Gasteiger partial charge in [-0.3, -0.25) is 10.1 Å². The predicted octanol–water partition coefficient (Wildman–Crippen LogP) is 3.64. The van der Waals surface area contributed by atoms with E-state index in [1.165, 1.54) is 40.7 Å². The van der Waals surface area contributed by atoms with Gasteiger partial charge in [0.2, 0.25) is 10.0 Å². The molecule has 0 bridgehead atoms. The Morgan fingerprint density at radius 1 is 1.18 bits per heavy atom. The zero-order chi connectivity index (χ0) is 20.9. The van der Waals surface area contributed by atoms with Crippen LogP contribution in [0.5, 0.6) is 0 Å². The molecule has 0 aliphatic heterocycles. The second kappa shape index (κ2) is 9.13. The van der Waals surface area contributed by atoms with Crippen LogP contribution < -0.4 is 0 Å². The zero-order valence-electron chi connectivity index (χ0n) is 15.3. The minimum absolute atomic E-state index is 0.00198. The summed E-state index contributed by atoms with van der Waals surface area (Å²) in [6.45, 7) is 3.73. The third-order valence-electron chi connectivity index (χ3n) is 3.98. The molecule has 0 saturated heterocycles. The topological polar surface area (TPSA) is 107 Å². The first kappa shape index (κ1) is 21.8. The summed E-state index contributed by atoms with van der Waals surface area (Å²) in [5.74, 6) is -0.765. The Balaban J connectivity index is 2.23. The molecule has 0 heterocycles. The summed E-state index contributed by atoms with van der Waals surface area (Å²) >= 11 is 6.04. The Hall–Kier alpha value is -2.49. The van der Waals surface area contributed by atoms with Crippen molar-refractivity contribution in [3.8, 4) is 0 Å². The van der Waals surface area contributed by atoms with Gasteiger partial charge in [0.1, 0.15) is 11.5 Å². The van der Waals surface area contributed by atoms with Crippen molar-refractivity contribution in [2.24, 2.45) is 0 Å². The maximum Gasteiger partial charge on any atom is 0.338 e. The molecule has 0 N–H and O–H groups in total.